The van der Waals surface area contributed by atoms with E-state index in [4.69, 9.17) is 0 Å². The molecule has 1 fully saturated rings. The molecular weight excluding hydrogens is 344 g/mol. The van der Waals surface area contributed by atoms with Crippen LogP contribution in [0.1, 0.15) is 44.8 Å². The van der Waals surface area contributed by atoms with Crippen LogP contribution in [0.4, 0.5) is 0 Å². The fourth-order valence-electron chi connectivity index (χ4n) is 3.58. The minimum Gasteiger partial charge on any atom is -0.337 e. The average Bonchev–Trinajstić information content (AvgIpc) is 3.31. The number of likely N-dealkylation sites (tertiary alicyclic amines) is 1. The van der Waals surface area contributed by atoms with Gasteiger partial charge in [0.15, 0.2) is 0 Å². The summed E-state index contributed by atoms with van der Waals surface area (Å²) in [4.78, 5) is 24.3. The molecule has 6 heteroatoms. The number of hydrogen-bond donors (Lipinski definition) is 0. The van der Waals surface area contributed by atoms with Crippen molar-refractivity contribution in [3.63, 3.8) is 0 Å². The van der Waals surface area contributed by atoms with E-state index in [0.717, 1.165) is 48.2 Å². The number of rotatable bonds is 4. The average molecular weight is 366 g/mol. The summed E-state index contributed by atoms with van der Waals surface area (Å²) in [6.45, 7) is 4.28. The summed E-state index contributed by atoms with van der Waals surface area (Å²) in [5, 5.41) is 0.931. The Balaban J connectivity index is 1.50. The van der Waals surface area contributed by atoms with Crippen LogP contribution in [0.2, 0.25) is 0 Å². The van der Waals surface area contributed by atoms with Crippen LogP contribution in [-0.4, -0.2) is 38.4 Å². The highest BCUT2D eigenvalue weighted by Crippen LogP contribution is 2.28. The van der Waals surface area contributed by atoms with Gasteiger partial charge in [0.1, 0.15) is 10.7 Å². The number of carbonyl (C=O) groups is 1. The van der Waals surface area contributed by atoms with Gasteiger partial charge in [0.2, 0.25) is 0 Å². The molecule has 0 N–H and O–H groups in total. The van der Waals surface area contributed by atoms with Gasteiger partial charge in [0, 0.05) is 37.9 Å². The van der Waals surface area contributed by atoms with Gasteiger partial charge in [-0.2, -0.15) is 0 Å². The van der Waals surface area contributed by atoms with Crippen molar-refractivity contribution in [1.82, 2.24) is 19.4 Å². The van der Waals surface area contributed by atoms with Gasteiger partial charge in [-0.3, -0.25) is 4.79 Å². The molecule has 134 valence electrons. The lowest BCUT2D eigenvalue weighted by Gasteiger charge is -2.32. The molecule has 2 aromatic heterocycles. The van der Waals surface area contributed by atoms with E-state index in [-0.39, 0.29) is 11.8 Å². The molecule has 1 amide bonds. The number of hydrogen-bond acceptors (Lipinski definition) is 4. The maximum atomic E-state index is 12.8. The van der Waals surface area contributed by atoms with Crippen molar-refractivity contribution in [2.45, 2.75) is 32.2 Å². The molecule has 1 aromatic carbocycles. The van der Waals surface area contributed by atoms with Crippen molar-refractivity contribution < 1.29 is 4.79 Å². The molecule has 0 bridgehead atoms. The Hall–Kier alpha value is -2.47. The topological polar surface area (TPSA) is 51.0 Å². The second-order valence-electron chi connectivity index (χ2n) is 6.73. The van der Waals surface area contributed by atoms with E-state index >= 15 is 0 Å². The number of nitrogens with zero attached hydrogens (tertiary/aromatic N) is 4. The molecule has 3 heterocycles. The summed E-state index contributed by atoms with van der Waals surface area (Å²) in [6.07, 6.45) is 7.67. The summed E-state index contributed by atoms with van der Waals surface area (Å²) in [5.41, 5.74) is 1.26. The largest absolute Gasteiger partial charge is 0.337 e. The van der Waals surface area contributed by atoms with Gasteiger partial charge in [-0.15, -0.1) is 11.3 Å². The Morgan fingerprint density at radius 3 is 2.88 bits per heavy atom. The van der Waals surface area contributed by atoms with Crippen molar-refractivity contribution in [3.05, 3.63) is 70.2 Å². The first kappa shape index (κ1) is 17.0. The Bertz CT molecular complexity index is 886. The van der Waals surface area contributed by atoms with Gasteiger partial charge in [-0.25, -0.2) is 9.97 Å². The van der Waals surface area contributed by atoms with Crippen LogP contribution >= 0.6 is 11.3 Å². The van der Waals surface area contributed by atoms with Crippen molar-refractivity contribution in [1.29, 1.82) is 0 Å². The molecule has 4 rings (SSSR count). The summed E-state index contributed by atoms with van der Waals surface area (Å²) < 4.78 is 2.21. The van der Waals surface area contributed by atoms with Gasteiger partial charge >= 0.3 is 0 Å². The lowest BCUT2D eigenvalue weighted by atomic mass is 9.97. The van der Waals surface area contributed by atoms with Gasteiger partial charge in [-0.05, 0) is 25.3 Å². The first-order chi connectivity index (χ1) is 12.7. The summed E-state index contributed by atoms with van der Waals surface area (Å²) in [6, 6.07) is 10.4. The van der Waals surface area contributed by atoms with Crippen LogP contribution < -0.4 is 0 Å². The maximum Gasteiger partial charge on any atom is 0.265 e. The summed E-state index contributed by atoms with van der Waals surface area (Å²) in [7, 11) is 0. The van der Waals surface area contributed by atoms with Crippen LogP contribution in [0.25, 0.3) is 0 Å². The standard InChI is InChI=1S/C20H22N4OS/c1-15-22-12-18(26-15)20(25)24-10-5-8-17(14-24)19-21-9-11-23(19)13-16-6-3-2-4-7-16/h2-4,6-7,9,11-12,17H,5,8,10,13-14H2,1H3/t17-/m1/s1. The quantitative estimate of drug-likeness (QED) is 0.707. The smallest absolute Gasteiger partial charge is 0.265 e. The minimum absolute atomic E-state index is 0.0986. The lowest BCUT2D eigenvalue weighted by Crippen LogP contribution is -2.39. The zero-order chi connectivity index (χ0) is 17.9. The molecule has 1 aliphatic heterocycles. The van der Waals surface area contributed by atoms with Gasteiger partial charge in [0.25, 0.3) is 5.91 Å². The SMILES string of the molecule is Cc1ncc(C(=O)N2CCC[C@@H](c3nccn3Cc3ccccc3)C2)s1. The molecule has 3 aromatic rings. The Morgan fingerprint density at radius 1 is 1.27 bits per heavy atom. The van der Waals surface area contributed by atoms with Crippen LogP contribution in [-0.2, 0) is 6.54 Å². The minimum atomic E-state index is 0.0986. The number of piperidine rings is 1. The highest BCUT2D eigenvalue weighted by molar-refractivity contribution is 7.13. The maximum absolute atomic E-state index is 12.8. The number of aromatic nitrogens is 3. The predicted molar refractivity (Wildman–Crippen MR) is 103 cm³/mol. The molecule has 26 heavy (non-hydrogen) atoms. The van der Waals surface area contributed by atoms with E-state index in [9.17, 15) is 4.79 Å². The molecule has 0 aliphatic carbocycles. The van der Waals surface area contributed by atoms with Crippen LogP contribution in [0.5, 0.6) is 0 Å². The molecule has 0 spiro atoms. The molecular formula is C20H22N4OS. The molecule has 1 atom stereocenters. The zero-order valence-corrected chi connectivity index (χ0v) is 15.7. The van der Waals surface area contributed by atoms with Crippen LogP contribution in [0.15, 0.2) is 48.9 Å². The molecule has 1 saturated heterocycles. The highest BCUT2D eigenvalue weighted by Gasteiger charge is 2.28. The van der Waals surface area contributed by atoms with Gasteiger partial charge in [-0.1, -0.05) is 30.3 Å². The van der Waals surface area contributed by atoms with E-state index < -0.39 is 0 Å². The molecule has 0 saturated carbocycles. The van der Waals surface area contributed by atoms with Gasteiger partial charge < -0.3 is 9.47 Å². The van der Waals surface area contributed by atoms with Crippen molar-refractivity contribution in [2.75, 3.05) is 13.1 Å². The fraction of sp³-hybridized carbons (Fsp3) is 0.350. The van der Waals surface area contributed by atoms with Crippen molar-refractivity contribution in [2.24, 2.45) is 0 Å². The van der Waals surface area contributed by atoms with E-state index in [1.165, 1.54) is 16.9 Å². The Labute approximate surface area is 157 Å². The van der Waals surface area contributed by atoms with E-state index in [1.807, 2.05) is 30.3 Å². The third kappa shape index (κ3) is 3.55. The highest BCUT2D eigenvalue weighted by atomic mass is 32.1. The predicted octanol–water partition coefficient (Wildman–Crippen LogP) is 3.72. The first-order valence-electron chi connectivity index (χ1n) is 8.97. The number of carbonyl (C=O) groups excluding carboxylic acids is 1. The summed E-state index contributed by atoms with van der Waals surface area (Å²) >= 11 is 1.47. The summed E-state index contributed by atoms with van der Waals surface area (Å²) in [5.74, 6) is 1.45. The number of benzene rings is 1. The van der Waals surface area contributed by atoms with Crippen LogP contribution in [0, 0.1) is 6.92 Å². The van der Waals surface area contributed by atoms with E-state index in [0.29, 0.717) is 0 Å². The lowest BCUT2D eigenvalue weighted by molar-refractivity contribution is 0.0708. The van der Waals surface area contributed by atoms with E-state index in [1.54, 1.807) is 6.20 Å². The number of amides is 1. The molecule has 0 radical (unpaired) electrons. The molecule has 1 aliphatic rings. The number of thiazole rings is 1. The molecule has 5 nitrogen and oxygen atoms in total. The second kappa shape index (κ2) is 7.41. The Morgan fingerprint density at radius 2 is 2.12 bits per heavy atom. The monoisotopic (exact) mass is 366 g/mol. The van der Waals surface area contributed by atoms with Gasteiger partial charge in [0.05, 0.1) is 11.2 Å². The third-order valence-corrected chi connectivity index (χ3v) is 5.75. The second-order valence-corrected chi connectivity index (χ2v) is 7.97. The first-order valence-corrected chi connectivity index (χ1v) is 9.79. The number of aryl methyl sites for hydroxylation is 1. The number of imidazole rings is 1. The Kier molecular flexibility index (Phi) is 4.84. The fourth-order valence-corrected chi connectivity index (χ4v) is 4.33. The molecule has 0 unspecified atom stereocenters. The zero-order valence-electron chi connectivity index (χ0n) is 14.8. The van der Waals surface area contributed by atoms with E-state index in [2.05, 4.69) is 38.8 Å². The van der Waals surface area contributed by atoms with Crippen LogP contribution in [0.3, 0.4) is 0 Å². The normalized spacial score (nSPS) is 17.4. The van der Waals surface area contributed by atoms with Crippen molar-refractivity contribution >= 4 is 17.2 Å². The third-order valence-electron chi connectivity index (χ3n) is 4.85. The van der Waals surface area contributed by atoms with Crippen molar-refractivity contribution in [3.8, 4) is 0 Å².